The normalized spacial score (nSPS) is 19.1. The van der Waals surface area contributed by atoms with Crippen LogP contribution in [0.3, 0.4) is 0 Å². The summed E-state index contributed by atoms with van der Waals surface area (Å²) in [6, 6.07) is 19.5. The van der Waals surface area contributed by atoms with E-state index in [1.54, 1.807) is 0 Å². The number of para-hydroxylation sites is 1. The number of halogens is 1. The molecule has 2 aliphatic rings. The molecule has 0 aliphatic carbocycles. The van der Waals surface area contributed by atoms with Gasteiger partial charge in [0.25, 0.3) is 0 Å². The van der Waals surface area contributed by atoms with Crippen LogP contribution in [0.15, 0.2) is 59.6 Å². The van der Waals surface area contributed by atoms with E-state index in [2.05, 4.69) is 88.6 Å². The third-order valence-electron chi connectivity index (χ3n) is 6.66. The Morgan fingerprint density at radius 2 is 1.74 bits per heavy atom. The van der Waals surface area contributed by atoms with E-state index in [0.29, 0.717) is 12.5 Å². The van der Waals surface area contributed by atoms with Crippen LogP contribution in [0.1, 0.15) is 24.5 Å². The second-order valence-electron chi connectivity index (χ2n) is 9.15. The average Bonchev–Trinajstić information content (AvgIpc) is 3.36. The van der Waals surface area contributed by atoms with Gasteiger partial charge >= 0.3 is 0 Å². The van der Waals surface area contributed by atoms with Gasteiger partial charge < -0.3 is 19.9 Å². The molecule has 0 spiro atoms. The Bertz CT molecular complexity index is 880. The highest BCUT2D eigenvalue weighted by atomic mass is 127. The minimum atomic E-state index is 0. The first kappa shape index (κ1) is 26.8. The molecule has 2 aromatic carbocycles. The van der Waals surface area contributed by atoms with Crippen molar-refractivity contribution in [2.75, 3.05) is 64.4 Å². The number of ether oxygens (including phenoxy) is 1. The van der Waals surface area contributed by atoms with Crippen molar-refractivity contribution < 1.29 is 4.74 Å². The van der Waals surface area contributed by atoms with Gasteiger partial charge in [-0.15, -0.1) is 24.0 Å². The highest BCUT2D eigenvalue weighted by Crippen LogP contribution is 2.19. The molecule has 1 atom stereocenters. The summed E-state index contributed by atoms with van der Waals surface area (Å²) in [5.41, 5.74) is 4.03. The zero-order valence-electron chi connectivity index (χ0n) is 20.7. The monoisotopic (exact) mass is 577 g/mol. The molecule has 7 heteroatoms. The van der Waals surface area contributed by atoms with Crippen molar-refractivity contribution in [3.05, 3.63) is 65.7 Å². The second-order valence-corrected chi connectivity index (χ2v) is 9.15. The molecular formula is C27H40IN5O. The minimum Gasteiger partial charge on any atom is -0.381 e. The van der Waals surface area contributed by atoms with Crippen LogP contribution in [0, 0.1) is 5.92 Å². The minimum absolute atomic E-state index is 0. The second kappa shape index (κ2) is 13.9. The maximum Gasteiger partial charge on any atom is 0.193 e. The summed E-state index contributed by atoms with van der Waals surface area (Å²) in [6.45, 7) is 11.7. The smallest absolute Gasteiger partial charge is 0.193 e. The largest absolute Gasteiger partial charge is 0.381 e. The van der Waals surface area contributed by atoms with Crippen LogP contribution in [0.4, 0.5) is 5.69 Å². The first-order valence-electron chi connectivity index (χ1n) is 12.4. The number of nitrogens with one attached hydrogen (secondary N) is 1. The summed E-state index contributed by atoms with van der Waals surface area (Å²) < 4.78 is 5.55. The number of piperazine rings is 1. The average molecular weight is 578 g/mol. The van der Waals surface area contributed by atoms with E-state index in [1.807, 2.05) is 0 Å². The van der Waals surface area contributed by atoms with Crippen molar-refractivity contribution in [2.45, 2.75) is 26.4 Å². The molecule has 2 saturated heterocycles. The zero-order valence-corrected chi connectivity index (χ0v) is 23.0. The molecule has 4 rings (SSSR count). The molecule has 0 aromatic heterocycles. The van der Waals surface area contributed by atoms with Crippen LogP contribution in [-0.4, -0.2) is 75.3 Å². The molecule has 0 radical (unpaired) electrons. The molecule has 0 saturated carbocycles. The maximum absolute atomic E-state index is 5.55. The van der Waals surface area contributed by atoms with Gasteiger partial charge in [-0.3, -0.25) is 4.90 Å². The number of benzene rings is 2. The Morgan fingerprint density at radius 3 is 2.41 bits per heavy atom. The van der Waals surface area contributed by atoms with Crippen LogP contribution >= 0.6 is 24.0 Å². The van der Waals surface area contributed by atoms with Crippen LogP contribution < -0.4 is 10.2 Å². The fourth-order valence-corrected chi connectivity index (χ4v) is 4.74. The van der Waals surface area contributed by atoms with Crippen molar-refractivity contribution in [1.29, 1.82) is 0 Å². The Kier molecular flexibility index (Phi) is 10.9. The van der Waals surface area contributed by atoms with Gasteiger partial charge in [0.2, 0.25) is 0 Å². The molecule has 2 aliphatic heterocycles. The van der Waals surface area contributed by atoms with E-state index in [4.69, 9.17) is 9.73 Å². The number of anilines is 1. The van der Waals surface area contributed by atoms with Gasteiger partial charge in [0, 0.05) is 71.1 Å². The van der Waals surface area contributed by atoms with Crippen LogP contribution in [-0.2, 0) is 17.8 Å². The number of aliphatic imine (C=N–C) groups is 1. The van der Waals surface area contributed by atoms with Gasteiger partial charge in [-0.2, -0.15) is 0 Å². The first-order chi connectivity index (χ1) is 16.2. The van der Waals surface area contributed by atoms with Crippen LogP contribution in [0.5, 0.6) is 0 Å². The van der Waals surface area contributed by atoms with Crippen molar-refractivity contribution in [1.82, 2.24) is 15.1 Å². The molecule has 2 heterocycles. The number of hydrogen-bond acceptors (Lipinski definition) is 4. The summed E-state index contributed by atoms with van der Waals surface area (Å²) in [6.07, 6.45) is 1.14. The molecule has 0 bridgehead atoms. The number of guanidine groups is 1. The lowest BCUT2D eigenvalue weighted by Crippen LogP contribution is -2.46. The lowest BCUT2D eigenvalue weighted by Gasteiger charge is -2.36. The predicted octanol–water partition coefficient (Wildman–Crippen LogP) is 4.06. The van der Waals surface area contributed by atoms with Gasteiger partial charge in [0.15, 0.2) is 5.96 Å². The molecule has 186 valence electrons. The van der Waals surface area contributed by atoms with E-state index in [0.717, 1.165) is 71.4 Å². The van der Waals surface area contributed by atoms with Crippen molar-refractivity contribution in [2.24, 2.45) is 10.9 Å². The molecule has 6 nitrogen and oxygen atoms in total. The molecule has 34 heavy (non-hydrogen) atoms. The van der Waals surface area contributed by atoms with E-state index in [9.17, 15) is 0 Å². The summed E-state index contributed by atoms with van der Waals surface area (Å²) in [5.74, 6) is 1.58. The van der Waals surface area contributed by atoms with E-state index >= 15 is 0 Å². The molecule has 0 amide bonds. The topological polar surface area (TPSA) is 43.3 Å². The number of hydrogen-bond donors (Lipinski definition) is 1. The number of nitrogens with zero attached hydrogens (tertiary/aromatic N) is 4. The van der Waals surface area contributed by atoms with Gasteiger partial charge in [-0.25, -0.2) is 4.99 Å². The Balaban J connectivity index is 0.00000324. The third kappa shape index (κ3) is 7.58. The highest BCUT2D eigenvalue weighted by molar-refractivity contribution is 14.0. The van der Waals surface area contributed by atoms with Crippen molar-refractivity contribution in [3.8, 4) is 0 Å². The SMILES string of the molecule is CCNC(=NCc1ccccc1CN1CCN(c2ccccc2)CC1)N(C)CC1CCOC1.I. The fraction of sp³-hybridized carbons (Fsp3) is 0.519. The van der Waals surface area contributed by atoms with E-state index < -0.39 is 0 Å². The standard InChI is InChI=1S/C27H39N5O.HI/c1-3-28-27(30(2)20-23-13-18-33-22-23)29-19-24-9-7-8-10-25(24)21-31-14-16-32(17-15-31)26-11-5-4-6-12-26;/h4-12,23H,3,13-22H2,1-2H3,(H,28,29);1H. The number of rotatable bonds is 8. The Hall–Kier alpha value is -1.84. The fourth-order valence-electron chi connectivity index (χ4n) is 4.74. The first-order valence-corrected chi connectivity index (χ1v) is 12.4. The molecule has 1 N–H and O–H groups in total. The van der Waals surface area contributed by atoms with E-state index in [-0.39, 0.29) is 24.0 Å². The molecular weight excluding hydrogens is 537 g/mol. The van der Waals surface area contributed by atoms with Gasteiger partial charge in [0.1, 0.15) is 0 Å². The Labute approximate surface area is 222 Å². The quantitative estimate of drug-likeness (QED) is 0.292. The van der Waals surface area contributed by atoms with Gasteiger partial charge in [-0.1, -0.05) is 42.5 Å². The van der Waals surface area contributed by atoms with Crippen molar-refractivity contribution in [3.63, 3.8) is 0 Å². The van der Waals surface area contributed by atoms with Gasteiger partial charge in [0.05, 0.1) is 13.2 Å². The highest BCUT2D eigenvalue weighted by Gasteiger charge is 2.20. The summed E-state index contributed by atoms with van der Waals surface area (Å²) in [7, 11) is 2.14. The predicted molar refractivity (Wildman–Crippen MR) is 152 cm³/mol. The third-order valence-corrected chi connectivity index (χ3v) is 6.66. The van der Waals surface area contributed by atoms with Crippen LogP contribution in [0.25, 0.3) is 0 Å². The zero-order chi connectivity index (χ0) is 22.9. The summed E-state index contributed by atoms with van der Waals surface area (Å²) >= 11 is 0. The van der Waals surface area contributed by atoms with Crippen molar-refractivity contribution >= 4 is 35.6 Å². The summed E-state index contributed by atoms with van der Waals surface area (Å²) in [4.78, 5) is 12.3. The molecule has 2 aromatic rings. The summed E-state index contributed by atoms with van der Waals surface area (Å²) in [5, 5.41) is 3.47. The molecule has 1 unspecified atom stereocenters. The Morgan fingerprint density at radius 1 is 1.03 bits per heavy atom. The van der Waals surface area contributed by atoms with E-state index in [1.165, 1.54) is 16.8 Å². The lowest BCUT2D eigenvalue weighted by atomic mass is 10.1. The maximum atomic E-state index is 5.55. The van der Waals surface area contributed by atoms with Crippen LogP contribution in [0.2, 0.25) is 0 Å². The van der Waals surface area contributed by atoms with Gasteiger partial charge in [-0.05, 0) is 36.6 Å². The molecule has 2 fully saturated rings. The lowest BCUT2D eigenvalue weighted by molar-refractivity contribution is 0.181.